The Labute approximate surface area is 119 Å². The maximum atomic E-state index is 11.5. The van der Waals surface area contributed by atoms with Crippen molar-refractivity contribution >= 4 is 28.4 Å². The van der Waals surface area contributed by atoms with Crippen LogP contribution < -0.4 is 5.73 Å². The van der Waals surface area contributed by atoms with Crippen molar-refractivity contribution in [1.29, 1.82) is 0 Å². The number of nitrogens with two attached hydrogens (primary N) is 1. The molecule has 0 amide bonds. The lowest BCUT2D eigenvalue weighted by molar-refractivity contribution is 0.0601. The summed E-state index contributed by atoms with van der Waals surface area (Å²) in [5.41, 5.74) is 7.31. The Kier molecular flexibility index (Phi) is 3.25. The van der Waals surface area contributed by atoms with Gasteiger partial charge in [-0.3, -0.25) is 0 Å². The predicted octanol–water partition coefficient (Wildman–Crippen LogP) is 2.80. The van der Waals surface area contributed by atoms with Gasteiger partial charge in [0.15, 0.2) is 5.58 Å². The maximum absolute atomic E-state index is 11.5. The second-order valence-electron chi connectivity index (χ2n) is 4.16. The van der Waals surface area contributed by atoms with Crippen LogP contribution in [0, 0.1) is 0 Å². The van der Waals surface area contributed by atoms with Crippen molar-refractivity contribution in [1.82, 2.24) is 4.98 Å². The van der Waals surface area contributed by atoms with E-state index < -0.39 is 5.97 Å². The summed E-state index contributed by atoms with van der Waals surface area (Å²) >= 11 is 1.54. The van der Waals surface area contributed by atoms with Crippen LogP contribution in [-0.4, -0.2) is 18.1 Å². The second-order valence-corrected chi connectivity index (χ2v) is 5.33. The van der Waals surface area contributed by atoms with E-state index in [1.165, 1.54) is 7.11 Å². The van der Waals surface area contributed by atoms with Crippen LogP contribution in [0.2, 0.25) is 0 Å². The first-order valence-corrected chi connectivity index (χ1v) is 6.81. The lowest BCUT2D eigenvalue weighted by atomic mass is 10.2. The zero-order chi connectivity index (χ0) is 14.1. The molecule has 2 heterocycles. The number of benzene rings is 1. The topological polar surface area (TPSA) is 78.3 Å². The second kappa shape index (κ2) is 5.07. The van der Waals surface area contributed by atoms with Gasteiger partial charge in [0.25, 0.3) is 0 Å². The molecule has 0 radical (unpaired) electrons. The SMILES string of the molecule is COC(=O)c1ccc2oc(-c3ccc(CN)s3)nc2c1. The number of nitrogens with zero attached hydrogens (tertiary/aromatic N) is 1. The third-order valence-electron chi connectivity index (χ3n) is 2.88. The summed E-state index contributed by atoms with van der Waals surface area (Å²) in [6, 6.07) is 8.91. The highest BCUT2D eigenvalue weighted by molar-refractivity contribution is 7.15. The molecule has 0 atom stereocenters. The molecular formula is C14H12N2O3S. The van der Waals surface area contributed by atoms with Crippen molar-refractivity contribution in [3.8, 4) is 10.8 Å². The van der Waals surface area contributed by atoms with Crippen molar-refractivity contribution in [2.24, 2.45) is 5.73 Å². The Morgan fingerprint density at radius 1 is 1.40 bits per heavy atom. The summed E-state index contributed by atoms with van der Waals surface area (Å²) in [6.45, 7) is 0.497. The van der Waals surface area contributed by atoms with Crippen LogP contribution in [0.4, 0.5) is 0 Å². The summed E-state index contributed by atoms with van der Waals surface area (Å²) in [7, 11) is 1.35. The fourth-order valence-electron chi connectivity index (χ4n) is 1.88. The van der Waals surface area contributed by atoms with Crippen LogP contribution in [0.25, 0.3) is 21.9 Å². The van der Waals surface area contributed by atoms with Crippen molar-refractivity contribution in [3.63, 3.8) is 0 Å². The Balaban J connectivity index is 2.04. The van der Waals surface area contributed by atoms with Gasteiger partial charge in [-0.05, 0) is 30.3 Å². The number of carbonyl (C=O) groups is 1. The van der Waals surface area contributed by atoms with Gasteiger partial charge in [-0.15, -0.1) is 11.3 Å². The molecule has 20 heavy (non-hydrogen) atoms. The highest BCUT2D eigenvalue weighted by Gasteiger charge is 2.13. The summed E-state index contributed by atoms with van der Waals surface area (Å²) in [4.78, 5) is 17.9. The molecule has 0 saturated carbocycles. The first-order valence-electron chi connectivity index (χ1n) is 5.99. The number of thiophene rings is 1. The van der Waals surface area contributed by atoms with Gasteiger partial charge in [-0.2, -0.15) is 0 Å². The summed E-state index contributed by atoms with van der Waals surface area (Å²) in [6.07, 6.45) is 0. The molecule has 0 saturated heterocycles. The monoisotopic (exact) mass is 288 g/mol. The Morgan fingerprint density at radius 3 is 2.95 bits per heavy atom. The minimum Gasteiger partial charge on any atom is -0.465 e. The van der Waals surface area contributed by atoms with E-state index in [1.54, 1.807) is 29.5 Å². The third-order valence-corrected chi connectivity index (χ3v) is 3.98. The number of methoxy groups -OCH3 is 1. The molecular weight excluding hydrogens is 276 g/mol. The van der Waals surface area contributed by atoms with E-state index in [1.807, 2.05) is 12.1 Å². The fraction of sp³-hybridized carbons (Fsp3) is 0.143. The molecule has 1 aromatic carbocycles. The third kappa shape index (κ3) is 2.19. The molecule has 0 unspecified atom stereocenters. The smallest absolute Gasteiger partial charge is 0.337 e. The normalized spacial score (nSPS) is 10.9. The Hall–Kier alpha value is -2.18. The van der Waals surface area contributed by atoms with E-state index >= 15 is 0 Å². The highest BCUT2D eigenvalue weighted by Crippen LogP contribution is 2.30. The molecule has 0 aliphatic heterocycles. The maximum Gasteiger partial charge on any atom is 0.337 e. The number of fused-ring (bicyclic) bond motifs is 1. The molecule has 0 fully saturated rings. The fourth-order valence-corrected chi connectivity index (χ4v) is 2.69. The lowest BCUT2D eigenvalue weighted by Crippen LogP contribution is -2.00. The zero-order valence-electron chi connectivity index (χ0n) is 10.8. The van der Waals surface area contributed by atoms with Gasteiger partial charge in [-0.1, -0.05) is 0 Å². The average molecular weight is 288 g/mol. The van der Waals surface area contributed by atoms with Gasteiger partial charge in [0, 0.05) is 11.4 Å². The van der Waals surface area contributed by atoms with Crippen molar-refractivity contribution in [2.75, 3.05) is 7.11 Å². The van der Waals surface area contributed by atoms with E-state index in [0.29, 0.717) is 29.1 Å². The molecule has 5 nitrogen and oxygen atoms in total. The molecule has 3 rings (SSSR count). The van der Waals surface area contributed by atoms with E-state index in [4.69, 9.17) is 10.2 Å². The van der Waals surface area contributed by atoms with Crippen molar-refractivity contribution < 1.29 is 13.9 Å². The number of hydrogen-bond acceptors (Lipinski definition) is 6. The summed E-state index contributed by atoms with van der Waals surface area (Å²) < 4.78 is 10.4. The number of ether oxygens (including phenoxy) is 1. The van der Waals surface area contributed by atoms with E-state index in [-0.39, 0.29) is 0 Å². The first-order chi connectivity index (χ1) is 9.71. The van der Waals surface area contributed by atoms with Gasteiger partial charge in [-0.25, -0.2) is 9.78 Å². The van der Waals surface area contributed by atoms with Crippen LogP contribution in [0.3, 0.4) is 0 Å². The first kappa shape index (κ1) is 12.8. The van der Waals surface area contributed by atoms with Crippen LogP contribution >= 0.6 is 11.3 Å². The van der Waals surface area contributed by atoms with E-state index in [2.05, 4.69) is 9.72 Å². The number of oxazole rings is 1. The van der Waals surface area contributed by atoms with E-state index in [0.717, 1.165) is 9.75 Å². The largest absolute Gasteiger partial charge is 0.465 e. The Bertz CT molecular complexity index is 776. The van der Waals surface area contributed by atoms with Crippen molar-refractivity contribution in [2.45, 2.75) is 6.54 Å². The number of carbonyl (C=O) groups excluding carboxylic acids is 1. The minimum atomic E-state index is -0.391. The zero-order valence-corrected chi connectivity index (χ0v) is 11.6. The van der Waals surface area contributed by atoms with Gasteiger partial charge < -0.3 is 14.9 Å². The van der Waals surface area contributed by atoms with Gasteiger partial charge in [0.05, 0.1) is 17.6 Å². The predicted molar refractivity (Wildman–Crippen MR) is 76.6 cm³/mol. The van der Waals surface area contributed by atoms with Gasteiger partial charge in [0.2, 0.25) is 5.89 Å². The molecule has 3 aromatic rings. The average Bonchev–Trinajstić information content (AvgIpc) is 3.11. The van der Waals surface area contributed by atoms with Crippen LogP contribution in [0.1, 0.15) is 15.2 Å². The van der Waals surface area contributed by atoms with Gasteiger partial charge >= 0.3 is 5.97 Å². The molecule has 6 heteroatoms. The van der Waals surface area contributed by atoms with Gasteiger partial charge in [0.1, 0.15) is 5.52 Å². The summed E-state index contributed by atoms with van der Waals surface area (Å²) in [5.74, 6) is 0.143. The van der Waals surface area contributed by atoms with Crippen molar-refractivity contribution in [3.05, 3.63) is 40.8 Å². The number of aromatic nitrogens is 1. The van der Waals surface area contributed by atoms with Crippen LogP contribution in [0.15, 0.2) is 34.7 Å². The van der Waals surface area contributed by atoms with E-state index in [9.17, 15) is 4.79 Å². The standard InChI is InChI=1S/C14H12N2O3S/c1-18-14(17)8-2-4-11-10(6-8)16-13(19-11)12-5-3-9(7-15)20-12/h2-6H,7,15H2,1H3. The number of esters is 1. The quantitative estimate of drug-likeness (QED) is 0.750. The Morgan fingerprint density at radius 2 is 2.25 bits per heavy atom. The molecule has 0 aliphatic carbocycles. The molecule has 0 aliphatic rings. The van der Waals surface area contributed by atoms with Crippen LogP contribution in [-0.2, 0) is 11.3 Å². The molecule has 0 bridgehead atoms. The highest BCUT2D eigenvalue weighted by atomic mass is 32.1. The number of rotatable bonds is 3. The summed E-state index contributed by atoms with van der Waals surface area (Å²) in [5, 5.41) is 0. The lowest BCUT2D eigenvalue weighted by Gasteiger charge is -1.96. The molecule has 2 aromatic heterocycles. The molecule has 2 N–H and O–H groups in total. The minimum absolute atomic E-state index is 0.391. The van der Waals surface area contributed by atoms with Crippen LogP contribution in [0.5, 0.6) is 0 Å². The molecule has 0 spiro atoms. The number of hydrogen-bond donors (Lipinski definition) is 1. The molecule has 102 valence electrons.